The van der Waals surface area contributed by atoms with Crippen molar-refractivity contribution >= 4 is 10.1 Å². The molecule has 0 aliphatic carbocycles. The van der Waals surface area contributed by atoms with Crippen LogP contribution in [-0.4, -0.2) is 26.4 Å². The highest BCUT2D eigenvalue weighted by Gasteiger charge is 2.18. The highest BCUT2D eigenvalue weighted by molar-refractivity contribution is 7.85. The van der Waals surface area contributed by atoms with E-state index in [0.717, 1.165) is 22.9 Å². The van der Waals surface area contributed by atoms with E-state index in [9.17, 15) is 13.5 Å². The van der Waals surface area contributed by atoms with Gasteiger partial charge in [0.05, 0.1) is 12.9 Å². The van der Waals surface area contributed by atoms with Crippen molar-refractivity contribution in [2.45, 2.75) is 19.3 Å². The van der Waals surface area contributed by atoms with E-state index in [4.69, 9.17) is 4.18 Å². The fraction of sp³-hybridized carbons (Fsp3) is 0.294. The van der Waals surface area contributed by atoms with Gasteiger partial charge < -0.3 is 5.11 Å². The Bertz CT molecular complexity index is 724. The lowest BCUT2D eigenvalue weighted by atomic mass is 9.87. The molecule has 0 aliphatic rings. The molecule has 5 heteroatoms. The van der Waals surface area contributed by atoms with E-state index in [1.165, 1.54) is 0 Å². The van der Waals surface area contributed by atoms with Crippen molar-refractivity contribution in [2.75, 3.05) is 12.9 Å². The third kappa shape index (κ3) is 4.58. The van der Waals surface area contributed by atoms with Gasteiger partial charge in [-0.2, -0.15) is 8.42 Å². The summed E-state index contributed by atoms with van der Waals surface area (Å²) in [5, 5.41) is 10.2. The summed E-state index contributed by atoms with van der Waals surface area (Å²) in [5.41, 5.74) is 2.83. The Morgan fingerprint density at radius 1 is 1.14 bits per heavy atom. The van der Waals surface area contributed by atoms with Crippen molar-refractivity contribution in [2.24, 2.45) is 0 Å². The summed E-state index contributed by atoms with van der Waals surface area (Å²) in [5.74, 6) is 0.0849. The van der Waals surface area contributed by atoms with Crippen molar-refractivity contribution in [3.05, 3.63) is 65.2 Å². The Labute approximate surface area is 131 Å². The van der Waals surface area contributed by atoms with Gasteiger partial charge in [-0.1, -0.05) is 48.0 Å². The van der Waals surface area contributed by atoms with Crippen LogP contribution in [0.25, 0.3) is 0 Å². The molecule has 0 aliphatic heterocycles. The Hall–Kier alpha value is -1.85. The summed E-state index contributed by atoms with van der Waals surface area (Å²) >= 11 is 0. The molecule has 0 radical (unpaired) electrons. The summed E-state index contributed by atoms with van der Waals surface area (Å²) in [6.45, 7) is 2.03. The SMILES string of the molecule is Cc1ccc(O)c(C(CCOS(C)(=O)=O)c2ccccc2)c1. The molecule has 0 spiro atoms. The lowest BCUT2D eigenvalue weighted by Gasteiger charge is -2.19. The van der Waals surface area contributed by atoms with Crippen LogP contribution in [0.5, 0.6) is 5.75 Å². The van der Waals surface area contributed by atoms with Crippen molar-refractivity contribution in [1.29, 1.82) is 0 Å². The number of phenols is 1. The van der Waals surface area contributed by atoms with Crippen molar-refractivity contribution in [3.63, 3.8) is 0 Å². The zero-order chi connectivity index (χ0) is 16.2. The summed E-state index contributed by atoms with van der Waals surface area (Å²) in [4.78, 5) is 0. The fourth-order valence-electron chi connectivity index (χ4n) is 2.46. The molecule has 1 unspecified atom stereocenters. The van der Waals surface area contributed by atoms with E-state index in [1.54, 1.807) is 6.07 Å². The minimum Gasteiger partial charge on any atom is -0.508 e. The molecular formula is C17H20O4S. The standard InChI is InChI=1S/C17H20O4S/c1-13-8-9-17(18)16(12-13)15(10-11-21-22(2,19)20)14-6-4-3-5-7-14/h3-9,12,15,18H,10-11H2,1-2H3. The van der Waals surface area contributed by atoms with Gasteiger partial charge in [-0.05, 0) is 25.0 Å². The number of benzene rings is 2. The maximum atomic E-state index is 11.1. The molecule has 2 aromatic carbocycles. The van der Waals surface area contributed by atoms with E-state index in [0.29, 0.717) is 6.42 Å². The predicted molar refractivity (Wildman–Crippen MR) is 86.5 cm³/mol. The van der Waals surface area contributed by atoms with Crippen LogP contribution in [0.1, 0.15) is 29.0 Å². The van der Waals surface area contributed by atoms with E-state index in [2.05, 4.69) is 0 Å². The van der Waals surface area contributed by atoms with Gasteiger partial charge in [0.15, 0.2) is 0 Å². The third-order valence-corrected chi connectivity index (χ3v) is 4.06. The molecule has 22 heavy (non-hydrogen) atoms. The molecule has 1 atom stereocenters. The number of hydrogen-bond donors (Lipinski definition) is 1. The van der Waals surface area contributed by atoms with Gasteiger partial charge >= 0.3 is 0 Å². The molecule has 4 nitrogen and oxygen atoms in total. The molecule has 0 saturated heterocycles. The average Bonchev–Trinajstić information content (AvgIpc) is 2.46. The summed E-state index contributed by atoms with van der Waals surface area (Å²) < 4.78 is 27.1. The minimum absolute atomic E-state index is 0.0752. The first-order valence-electron chi connectivity index (χ1n) is 7.05. The summed E-state index contributed by atoms with van der Waals surface area (Å²) in [6.07, 6.45) is 1.50. The van der Waals surface area contributed by atoms with Gasteiger partial charge in [-0.3, -0.25) is 4.18 Å². The van der Waals surface area contributed by atoms with Crippen molar-refractivity contribution in [1.82, 2.24) is 0 Å². The average molecular weight is 320 g/mol. The van der Waals surface area contributed by atoms with Gasteiger partial charge in [-0.25, -0.2) is 0 Å². The normalized spacial score (nSPS) is 13.0. The summed E-state index contributed by atoms with van der Waals surface area (Å²) in [6, 6.07) is 15.1. The molecule has 0 saturated carbocycles. The Balaban J connectivity index is 2.31. The lowest BCUT2D eigenvalue weighted by molar-refractivity contribution is 0.308. The molecule has 0 aromatic heterocycles. The second-order valence-corrected chi connectivity index (χ2v) is 6.98. The topological polar surface area (TPSA) is 63.6 Å². The molecule has 0 amide bonds. The van der Waals surface area contributed by atoms with Crippen molar-refractivity contribution < 1.29 is 17.7 Å². The predicted octanol–water partition coefficient (Wildman–Crippen LogP) is 3.20. The maximum Gasteiger partial charge on any atom is 0.264 e. The number of aromatic hydroxyl groups is 1. The largest absolute Gasteiger partial charge is 0.508 e. The highest BCUT2D eigenvalue weighted by atomic mass is 32.2. The van der Waals surface area contributed by atoms with Crippen molar-refractivity contribution in [3.8, 4) is 5.75 Å². The zero-order valence-electron chi connectivity index (χ0n) is 12.7. The van der Waals surface area contributed by atoms with Gasteiger partial charge in [0, 0.05) is 11.5 Å². The van der Waals surface area contributed by atoms with Crippen LogP contribution in [-0.2, 0) is 14.3 Å². The van der Waals surface area contributed by atoms with Crippen LogP contribution >= 0.6 is 0 Å². The zero-order valence-corrected chi connectivity index (χ0v) is 13.5. The number of hydrogen-bond acceptors (Lipinski definition) is 4. The quantitative estimate of drug-likeness (QED) is 0.830. The van der Waals surface area contributed by atoms with Gasteiger partial charge in [0.25, 0.3) is 10.1 Å². The highest BCUT2D eigenvalue weighted by Crippen LogP contribution is 2.34. The van der Waals surface area contributed by atoms with Crippen LogP contribution in [0.15, 0.2) is 48.5 Å². The summed E-state index contributed by atoms with van der Waals surface area (Å²) in [7, 11) is -3.46. The maximum absolute atomic E-state index is 11.1. The van der Waals surface area contributed by atoms with E-state index in [1.807, 2.05) is 49.4 Å². The van der Waals surface area contributed by atoms with E-state index in [-0.39, 0.29) is 18.3 Å². The van der Waals surface area contributed by atoms with Crippen LogP contribution in [0.4, 0.5) is 0 Å². The molecule has 1 N–H and O–H groups in total. The molecule has 118 valence electrons. The van der Waals surface area contributed by atoms with Crippen LogP contribution in [0.2, 0.25) is 0 Å². The van der Waals surface area contributed by atoms with E-state index >= 15 is 0 Å². The number of rotatable bonds is 6. The monoisotopic (exact) mass is 320 g/mol. The third-order valence-electron chi connectivity index (χ3n) is 3.46. The molecule has 0 fully saturated rings. The Morgan fingerprint density at radius 3 is 2.45 bits per heavy atom. The molecular weight excluding hydrogens is 300 g/mol. The smallest absolute Gasteiger partial charge is 0.264 e. The molecule has 2 aromatic rings. The molecule has 2 rings (SSSR count). The Morgan fingerprint density at radius 2 is 1.82 bits per heavy atom. The second-order valence-electron chi connectivity index (χ2n) is 5.34. The first kappa shape index (κ1) is 16.5. The first-order chi connectivity index (χ1) is 10.4. The molecule has 0 heterocycles. The van der Waals surface area contributed by atoms with Crippen LogP contribution in [0.3, 0.4) is 0 Å². The van der Waals surface area contributed by atoms with Crippen LogP contribution in [0, 0.1) is 6.92 Å². The van der Waals surface area contributed by atoms with Gasteiger partial charge in [0.2, 0.25) is 0 Å². The Kier molecular flexibility index (Phi) is 5.21. The first-order valence-corrected chi connectivity index (χ1v) is 8.87. The molecule has 0 bridgehead atoms. The van der Waals surface area contributed by atoms with E-state index < -0.39 is 10.1 Å². The minimum atomic E-state index is -3.46. The lowest BCUT2D eigenvalue weighted by Crippen LogP contribution is -2.10. The number of phenolic OH excluding ortho intramolecular Hbond substituents is 1. The number of aryl methyl sites for hydroxylation is 1. The second kappa shape index (κ2) is 6.94. The fourth-order valence-corrected chi connectivity index (χ4v) is 2.86. The van der Waals surface area contributed by atoms with Crippen LogP contribution < -0.4 is 0 Å². The van der Waals surface area contributed by atoms with Gasteiger partial charge in [-0.15, -0.1) is 0 Å². The van der Waals surface area contributed by atoms with Gasteiger partial charge in [0.1, 0.15) is 5.75 Å².